The molecular formula is C13H22N2O2S. The van der Waals surface area contributed by atoms with Crippen LogP contribution in [0.1, 0.15) is 44.9 Å². The molecule has 18 heavy (non-hydrogen) atoms. The van der Waals surface area contributed by atoms with E-state index in [2.05, 4.69) is 23.4 Å². The largest absolute Gasteiger partial charge is 0.334 e. The molecule has 0 amide bonds. The highest BCUT2D eigenvalue weighted by Crippen LogP contribution is 2.43. The van der Waals surface area contributed by atoms with Gasteiger partial charge in [0.05, 0.1) is 5.75 Å². The van der Waals surface area contributed by atoms with Gasteiger partial charge < -0.3 is 4.57 Å². The zero-order valence-electron chi connectivity index (χ0n) is 11.4. The Hall–Kier alpha value is -0.840. The average molecular weight is 270 g/mol. The fourth-order valence-electron chi connectivity index (χ4n) is 2.90. The molecule has 0 atom stereocenters. The van der Waals surface area contributed by atoms with E-state index in [1.165, 1.54) is 6.26 Å². The lowest BCUT2D eigenvalue weighted by atomic mass is 9.70. The molecule has 1 aromatic rings. The summed E-state index contributed by atoms with van der Waals surface area (Å²) in [5.41, 5.74) is -0.0576. The van der Waals surface area contributed by atoms with Crippen LogP contribution in [0.5, 0.6) is 0 Å². The molecule has 1 saturated carbocycles. The molecular weight excluding hydrogens is 248 g/mol. The maximum atomic E-state index is 11.6. The van der Waals surface area contributed by atoms with Gasteiger partial charge >= 0.3 is 0 Å². The molecule has 0 bridgehead atoms. The fraction of sp³-hybridized carbons (Fsp3) is 0.769. The van der Waals surface area contributed by atoms with Gasteiger partial charge in [0.25, 0.3) is 0 Å². The van der Waals surface area contributed by atoms with Gasteiger partial charge in [-0.2, -0.15) is 0 Å². The number of aromatic nitrogens is 2. The Morgan fingerprint density at radius 1 is 1.44 bits per heavy atom. The minimum atomic E-state index is -2.91. The van der Waals surface area contributed by atoms with Gasteiger partial charge in [-0.3, -0.25) is 0 Å². The molecule has 0 spiro atoms. The van der Waals surface area contributed by atoms with Gasteiger partial charge in [-0.25, -0.2) is 13.4 Å². The van der Waals surface area contributed by atoms with Crippen LogP contribution in [0.25, 0.3) is 0 Å². The summed E-state index contributed by atoms with van der Waals surface area (Å²) >= 11 is 0. The zero-order valence-corrected chi connectivity index (χ0v) is 12.2. The first-order valence-corrected chi connectivity index (χ1v) is 8.56. The standard InChI is InChI=1S/C13H22N2O2S/c1-11(2)12-14-7-8-15(12)9-13(5-4-6-13)10-18(3,16)17/h7-8,11H,4-6,9-10H2,1-3H3. The summed E-state index contributed by atoms with van der Waals surface area (Å²) in [5, 5.41) is 0. The van der Waals surface area contributed by atoms with Gasteiger partial charge in [-0.15, -0.1) is 0 Å². The van der Waals surface area contributed by atoms with E-state index in [-0.39, 0.29) is 5.41 Å². The monoisotopic (exact) mass is 270 g/mol. The second-order valence-corrected chi connectivity index (χ2v) is 8.13. The minimum absolute atomic E-state index is 0.0576. The minimum Gasteiger partial charge on any atom is -0.334 e. The zero-order chi connectivity index (χ0) is 13.4. The summed E-state index contributed by atoms with van der Waals surface area (Å²) < 4.78 is 25.3. The van der Waals surface area contributed by atoms with E-state index in [1.807, 2.05) is 12.4 Å². The van der Waals surface area contributed by atoms with Gasteiger partial charge in [-0.05, 0) is 12.8 Å². The van der Waals surface area contributed by atoms with Crippen LogP contribution < -0.4 is 0 Å². The molecule has 1 aromatic heterocycles. The van der Waals surface area contributed by atoms with E-state index in [0.717, 1.165) is 31.6 Å². The van der Waals surface area contributed by atoms with Crippen LogP contribution in [0.3, 0.4) is 0 Å². The topological polar surface area (TPSA) is 52.0 Å². The molecule has 0 unspecified atom stereocenters. The molecule has 0 radical (unpaired) electrons. The summed E-state index contributed by atoms with van der Waals surface area (Å²) in [6, 6.07) is 0. The maximum absolute atomic E-state index is 11.6. The van der Waals surface area contributed by atoms with Gasteiger partial charge in [0.1, 0.15) is 15.7 Å². The predicted molar refractivity (Wildman–Crippen MR) is 72.3 cm³/mol. The lowest BCUT2D eigenvalue weighted by molar-refractivity contribution is 0.134. The third-order valence-corrected chi connectivity index (χ3v) is 4.89. The number of hydrogen-bond donors (Lipinski definition) is 0. The highest BCUT2D eigenvalue weighted by atomic mass is 32.2. The number of hydrogen-bond acceptors (Lipinski definition) is 3. The summed E-state index contributed by atoms with van der Waals surface area (Å²) in [4.78, 5) is 4.37. The predicted octanol–water partition coefficient (Wildman–Crippen LogP) is 2.22. The van der Waals surface area contributed by atoms with E-state index in [1.54, 1.807) is 0 Å². The van der Waals surface area contributed by atoms with Crippen LogP contribution in [-0.4, -0.2) is 30.0 Å². The molecule has 1 aliphatic rings. The van der Waals surface area contributed by atoms with Crippen molar-refractivity contribution in [2.75, 3.05) is 12.0 Å². The Labute approximate surface area is 109 Å². The highest BCUT2D eigenvalue weighted by molar-refractivity contribution is 7.90. The van der Waals surface area contributed by atoms with Crippen LogP contribution in [-0.2, 0) is 16.4 Å². The molecule has 2 rings (SSSR count). The smallest absolute Gasteiger partial charge is 0.148 e. The van der Waals surface area contributed by atoms with Crippen LogP contribution in [0.15, 0.2) is 12.4 Å². The molecule has 5 heteroatoms. The van der Waals surface area contributed by atoms with Crippen molar-refractivity contribution in [1.82, 2.24) is 9.55 Å². The van der Waals surface area contributed by atoms with Crippen molar-refractivity contribution in [3.8, 4) is 0 Å². The molecule has 0 saturated heterocycles. The van der Waals surface area contributed by atoms with Crippen molar-refractivity contribution in [2.45, 2.75) is 45.6 Å². The van der Waals surface area contributed by atoms with Gasteiger partial charge in [0.2, 0.25) is 0 Å². The Kier molecular flexibility index (Phi) is 3.54. The molecule has 4 nitrogen and oxygen atoms in total. The number of rotatable bonds is 5. The molecule has 1 aliphatic carbocycles. The van der Waals surface area contributed by atoms with E-state index in [9.17, 15) is 8.42 Å². The third-order valence-electron chi connectivity index (χ3n) is 3.75. The summed E-state index contributed by atoms with van der Waals surface area (Å²) in [6.45, 7) is 5.01. The Balaban J connectivity index is 2.18. The van der Waals surface area contributed by atoms with Crippen LogP contribution in [0.4, 0.5) is 0 Å². The molecule has 0 N–H and O–H groups in total. The van der Waals surface area contributed by atoms with Crippen LogP contribution in [0, 0.1) is 5.41 Å². The second kappa shape index (κ2) is 4.68. The molecule has 0 aromatic carbocycles. The SMILES string of the molecule is CC(C)c1nccn1CC1(CS(C)(=O)=O)CCC1. The lowest BCUT2D eigenvalue weighted by Crippen LogP contribution is -2.40. The number of sulfone groups is 1. The first-order chi connectivity index (χ1) is 8.31. The van der Waals surface area contributed by atoms with Crippen LogP contribution in [0.2, 0.25) is 0 Å². The number of nitrogens with zero attached hydrogens (tertiary/aromatic N) is 2. The maximum Gasteiger partial charge on any atom is 0.148 e. The third kappa shape index (κ3) is 2.94. The first-order valence-electron chi connectivity index (χ1n) is 6.50. The molecule has 102 valence electrons. The summed E-state index contributed by atoms with van der Waals surface area (Å²) in [5.74, 6) is 1.72. The number of imidazole rings is 1. The average Bonchev–Trinajstić information content (AvgIpc) is 2.60. The molecule has 1 heterocycles. The molecule has 1 fully saturated rings. The van der Waals surface area contributed by atoms with Crippen molar-refractivity contribution in [3.63, 3.8) is 0 Å². The fourth-order valence-corrected chi connectivity index (χ4v) is 4.39. The van der Waals surface area contributed by atoms with Crippen molar-refractivity contribution in [1.29, 1.82) is 0 Å². The summed E-state index contributed by atoms with van der Waals surface area (Å²) in [6.07, 6.45) is 8.27. The second-order valence-electron chi connectivity index (χ2n) is 5.99. The van der Waals surface area contributed by atoms with Crippen molar-refractivity contribution in [3.05, 3.63) is 18.2 Å². The van der Waals surface area contributed by atoms with E-state index in [4.69, 9.17) is 0 Å². The lowest BCUT2D eigenvalue weighted by Gasteiger charge is -2.42. The van der Waals surface area contributed by atoms with Gasteiger partial charge in [-0.1, -0.05) is 20.3 Å². The normalized spacial score (nSPS) is 18.9. The van der Waals surface area contributed by atoms with Gasteiger partial charge in [0.15, 0.2) is 0 Å². The van der Waals surface area contributed by atoms with E-state index < -0.39 is 9.84 Å². The Morgan fingerprint density at radius 3 is 2.56 bits per heavy atom. The van der Waals surface area contributed by atoms with Crippen molar-refractivity contribution < 1.29 is 8.42 Å². The van der Waals surface area contributed by atoms with E-state index in [0.29, 0.717) is 11.7 Å². The van der Waals surface area contributed by atoms with Gasteiger partial charge in [0, 0.05) is 36.5 Å². The van der Waals surface area contributed by atoms with Crippen molar-refractivity contribution >= 4 is 9.84 Å². The summed E-state index contributed by atoms with van der Waals surface area (Å²) in [7, 11) is -2.91. The highest BCUT2D eigenvalue weighted by Gasteiger charge is 2.40. The van der Waals surface area contributed by atoms with E-state index >= 15 is 0 Å². The van der Waals surface area contributed by atoms with Crippen molar-refractivity contribution in [2.24, 2.45) is 5.41 Å². The van der Waals surface area contributed by atoms with Crippen LogP contribution >= 0.6 is 0 Å². The quantitative estimate of drug-likeness (QED) is 0.824. The first kappa shape index (κ1) is 13.6. The Bertz CT molecular complexity index is 513. The molecule has 0 aliphatic heterocycles. The Morgan fingerprint density at radius 2 is 2.11 bits per heavy atom.